The Morgan fingerprint density at radius 2 is 1.50 bits per heavy atom. The van der Waals surface area contributed by atoms with Gasteiger partial charge in [0.05, 0.1) is 14.2 Å². The first-order valence-electron chi connectivity index (χ1n) is 9.25. The first kappa shape index (κ1) is 22.1. The van der Waals surface area contributed by atoms with E-state index in [1.807, 2.05) is 47.4 Å². The molecular weight excluding hydrogens is 467 g/mol. The van der Waals surface area contributed by atoms with Crippen molar-refractivity contribution in [2.45, 2.75) is 13.1 Å². The molecule has 0 aliphatic carbocycles. The van der Waals surface area contributed by atoms with E-state index in [0.717, 1.165) is 21.3 Å². The van der Waals surface area contributed by atoms with Gasteiger partial charge in [0, 0.05) is 23.2 Å². The quantitative estimate of drug-likeness (QED) is 0.412. The van der Waals surface area contributed by atoms with Crippen LogP contribution in [0.3, 0.4) is 0 Å². The van der Waals surface area contributed by atoms with Crippen molar-refractivity contribution in [3.63, 3.8) is 0 Å². The van der Waals surface area contributed by atoms with Crippen molar-refractivity contribution < 1.29 is 13.9 Å². The molecule has 0 bridgehead atoms. The Balaban J connectivity index is 1.83. The molecule has 0 spiro atoms. The molecule has 0 aromatic heterocycles. The summed E-state index contributed by atoms with van der Waals surface area (Å²) in [6, 6.07) is 20.0. The Kier molecular flexibility index (Phi) is 7.65. The SMILES string of the molecule is COc1ccc(CN(Cc2ccc(F)cc2)C(=S)Nc2ccc(Br)cc2)cc1OC. The third-order valence-electron chi connectivity index (χ3n) is 4.49. The fourth-order valence-electron chi connectivity index (χ4n) is 2.94. The van der Waals surface area contributed by atoms with Crippen LogP contribution in [0.15, 0.2) is 71.2 Å². The molecule has 0 radical (unpaired) electrons. The normalized spacial score (nSPS) is 10.4. The number of benzene rings is 3. The van der Waals surface area contributed by atoms with E-state index in [4.69, 9.17) is 21.7 Å². The average Bonchev–Trinajstić information content (AvgIpc) is 2.76. The van der Waals surface area contributed by atoms with Gasteiger partial charge in [-0.25, -0.2) is 4.39 Å². The van der Waals surface area contributed by atoms with Gasteiger partial charge in [-0.1, -0.05) is 34.1 Å². The topological polar surface area (TPSA) is 33.7 Å². The minimum absolute atomic E-state index is 0.263. The smallest absolute Gasteiger partial charge is 0.174 e. The van der Waals surface area contributed by atoms with Gasteiger partial charge in [-0.2, -0.15) is 0 Å². The number of thiocarbonyl (C=S) groups is 1. The minimum atomic E-state index is -0.263. The fourth-order valence-corrected chi connectivity index (χ4v) is 3.46. The number of nitrogens with one attached hydrogen (secondary N) is 1. The zero-order valence-corrected chi connectivity index (χ0v) is 19.1. The second-order valence-electron chi connectivity index (χ2n) is 6.61. The van der Waals surface area contributed by atoms with Crippen LogP contribution in [0.4, 0.5) is 10.1 Å². The molecule has 156 valence electrons. The highest BCUT2D eigenvalue weighted by Gasteiger charge is 2.14. The Hall–Kier alpha value is -2.64. The highest BCUT2D eigenvalue weighted by molar-refractivity contribution is 9.10. The first-order valence-corrected chi connectivity index (χ1v) is 10.5. The molecule has 0 amide bonds. The molecule has 0 aliphatic rings. The van der Waals surface area contributed by atoms with Gasteiger partial charge in [-0.15, -0.1) is 0 Å². The lowest BCUT2D eigenvalue weighted by molar-refractivity contribution is 0.352. The van der Waals surface area contributed by atoms with Crippen molar-refractivity contribution in [2.75, 3.05) is 19.5 Å². The Bertz CT molecular complexity index is 997. The Morgan fingerprint density at radius 1 is 0.900 bits per heavy atom. The lowest BCUT2D eigenvalue weighted by atomic mass is 10.1. The predicted molar refractivity (Wildman–Crippen MR) is 126 cm³/mol. The molecule has 1 N–H and O–H groups in total. The second kappa shape index (κ2) is 10.4. The van der Waals surface area contributed by atoms with E-state index in [0.29, 0.717) is 29.7 Å². The molecule has 0 saturated heterocycles. The summed E-state index contributed by atoms with van der Waals surface area (Å²) in [5.74, 6) is 1.06. The lowest BCUT2D eigenvalue weighted by Crippen LogP contribution is -2.33. The number of hydrogen-bond acceptors (Lipinski definition) is 3. The summed E-state index contributed by atoms with van der Waals surface area (Å²) in [6.45, 7) is 1.07. The third kappa shape index (κ3) is 5.93. The van der Waals surface area contributed by atoms with E-state index >= 15 is 0 Å². The van der Waals surface area contributed by atoms with Gasteiger partial charge in [-0.05, 0) is 71.9 Å². The monoisotopic (exact) mass is 488 g/mol. The molecule has 0 heterocycles. The summed E-state index contributed by atoms with van der Waals surface area (Å²) in [5.41, 5.74) is 2.85. The molecule has 3 aromatic carbocycles. The van der Waals surface area contributed by atoms with Gasteiger partial charge < -0.3 is 19.7 Å². The molecule has 30 heavy (non-hydrogen) atoms. The second-order valence-corrected chi connectivity index (χ2v) is 7.91. The van der Waals surface area contributed by atoms with Crippen LogP contribution in [0.2, 0.25) is 0 Å². The van der Waals surface area contributed by atoms with Gasteiger partial charge in [0.2, 0.25) is 0 Å². The summed E-state index contributed by atoms with van der Waals surface area (Å²) in [5, 5.41) is 3.84. The van der Waals surface area contributed by atoms with Crippen LogP contribution in [0.5, 0.6) is 11.5 Å². The van der Waals surface area contributed by atoms with Crippen molar-refractivity contribution >= 4 is 38.9 Å². The van der Waals surface area contributed by atoms with Crippen molar-refractivity contribution in [1.29, 1.82) is 0 Å². The Morgan fingerprint density at radius 3 is 2.13 bits per heavy atom. The third-order valence-corrected chi connectivity index (χ3v) is 5.38. The predicted octanol–water partition coefficient (Wildman–Crippen LogP) is 6.00. The Labute approximate surface area is 189 Å². The summed E-state index contributed by atoms with van der Waals surface area (Å²) in [6.07, 6.45) is 0. The number of rotatable bonds is 7. The van der Waals surface area contributed by atoms with Crippen LogP contribution in [0, 0.1) is 5.82 Å². The number of methoxy groups -OCH3 is 2. The van der Waals surface area contributed by atoms with Gasteiger partial charge in [-0.3, -0.25) is 0 Å². The van der Waals surface area contributed by atoms with Crippen LogP contribution >= 0.6 is 28.1 Å². The van der Waals surface area contributed by atoms with Crippen molar-refractivity contribution in [1.82, 2.24) is 4.90 Å². The van der Waals surface area contributed by atoms with Crippen molar-refractivity contribution in [3.05, 3.63) is 88.1 Å². The van der Waals surface area contributed by atoms with Gasteiger partial charge in [0.15, 0.2) is 16.6 Å². The van der Waals surface area contributed by atoms with Crippen LogP contribution in [0.25, 0.3) is 0 Å². The highest BCUT2D eigenvalue weighted by Crippen LogP contribution is 2.28. The summed E-state index contributed by atoms with van der Waals surface area (Å²) in [4.78, 5) is 2.02. The summed E-state index contributed by atoms with van der Waals surface area (Å²) >= 11 is 9.13. The fraction of sp³-hybridized carbons (Fsp3) is 0.174. The lowest BCUT2D eigenvalue weighted by Gasteiger charge is -2.26. The van der Waals surface area contributed by atoms with E-state index in [2.05, 4.69) is 21.2 Å². The van der Waals surface area contributed by atoms with E-state index in [-0.39, 0.29) is 5.82 Å². The number of anilines is 1. The standard InChI is InChI=1S/C23H22BrFN2O2S/c1-28-21-12-5-17(13-22(21)29-2)15-27(14-16-3-8-19(25)9-4-16)23(30)26-20-10-6-18(24)7-11-20/h3-13H,14-15H2,1-2H3,(H,26,30). The molecule has 4 nitrogen and oxygen atoms in total. The summed E-state index contributed by atoms with van der Waals surface area (Å²) < 4.78 is 25.1. The molecule has 3 rings (SSSR count). The molecule has 3 aromatic rings. The minimum Gasteiger partial charge on any atom is -0.493 e. The van der Waals surface area contributed by atoms with Crippen molar-refractivity contribution in [3.8, 4) is 11.5 Å². The maximum Gasteiger partial charge on any atom is 0.174 e. The van der Waals surface area contributed by atoms with Crippen LogP contribution < -0.4 is 14.8 Å². The van der Waals surface area contributed by atoms with Crippen LogP contribution in [-0.4, -0.2) is 24.2 Å². The number of hydrogen-bond donors (Lipinski definition) is 1. The van der Waals surface area contributed by atoms with Crippen LogP contribution in [0.1, 0.15) is 11.1 Å². The van der Waals surface area contributed by atoms with Gasteiger partial charge in [0.25, 0.3) is 0 Å². The summed E-state index contributed by atoms with van der Waals surface area (Å²) in [7, 11) is 3.22. The molecule has 0 saturated carbocycles. The average molecular weight is 489 g/mol. The largest absolute Gasteiger partial charge is 0.493 e. The molecular formula is C23H22BrFN2O2S. The zero-order chi connectivity index (χ0) is 21.5. The zero-order valence-electron chi connectivity index (χ0n) is 16.7. The first-order chi connectivity index (χ1) is 14.5. The number of nitrogens with zero attached hydrogens (tertiary/aromatic N) is 1. The molecule has 7 heteroatoms. The van der Waals surface area contributed by atoms with Crippen LogP contribution in [-0.2, 0) is 13.1 Å². The molecule has 0 fully saturated rings. The number of halogens is 2. The van der Waals surface area contributed by atoms with E-state index < -0.39 is 0 Å². The van der Waals surface area contributed by atoms with E-state index in [9.17, 15) is 4.39 Å². The van der Waals surface area contributed by atoms with Crippen molar-refractivity contribution in [2.24, 2.45) is 0 Å². The van der Waals surface area contributed by atoms with E-state index in [1.54, 1.807) is 26.4 Å². The van der Waals surface area contributed by atoms with E-state index in [1.165, 1.54) is 12.1 Å². The maximum atomic E-state index is 13.3. The highest BCUT2D eigenvalue weighted by atomic mass is 79.9. The van der Waals surface area contributed by atoms with Gasteiger partial charge in [0.1, 0.15) is 5.82 Å². The molecule has 0 atom stereocenters. The number of ether oxygens (including phenoxy) is 2. The maximum absolute atomic E-state index is 13.3. The molecule has 0 unspecified atom stereocenters. The van der Waals surface area contributed by atoms with Gasteiger partial charge >= 0.3 is 0 Å². The molecule has 0 aliphatic heterocycles.